The lowest BCUT2D eigenvalue weighted by molar-refractivity contribution is -0.149. The number of carbonyl (C=O) groups is 1. The van der Waals surface area contributed by atoms with E-state index in [-0.39, 0.29) is 12.1 Å². The summed E-state index contributed by atoms with van der Waals surface area (Å²) >= 11 is 0. The molecule has 1 aromatic carbocycles. The molecule has 0 aromatic heterocycles. The van der Waals surface area contributed by atoms with Crippen LogP contribution < -0.4 is 0 Å². The van der Waals surface area contributed by atoms with Crippen LogP contribution in [0, 0.1) is 0 Å². The molecule has 0 fully saturated rings. The highest BCUT2D eigenvalue weighted by Gasteiger charge is 2.20. The summed E-state index contributed by atoms with van der Waals surface area (Å²) in [5, 5.41) is 0. The number of benzene rings is 1. The minimum atomic E-state index is -0.0839. The smallest absolute Gasteiger partial charge is 0.305 e. The van der Waals surface area contributed by atoms with Gasteiger partial charge in [-0.1, -0.05) is 31.2 Å². The number of ether oxygens (including phenoxy) is 1. The van der Waals surface area contributed by atoms with Crippen LogP contribution in [-0.2, 0) is 22.4 Å². The van der Waals surface area contributed by atoms with Crippen LogP contribution in [0.1, 0.15) is 30.9 Å². The molecule has 0 heterocycles. The first-order valence-electron chi connectivity index (χ1n) is 5.56. The lowest BCUT2D eigenvalue weighted by Crippen LogP contribution is -2.25. The Labute approximate surface area is 90.3 Å². The molecule has 1 atom stereocenters. The Morgan fingerprint density at radius 1 is 1.40 bits per heavy atom. The van der Waals surface area contributed by atoms with Crippen molar-refractivity contribution in [1.29, 1.82) is 0 Å². The SMILES string of the molecule is CCC(=O)OC1CCc2ccccc2C1. The fourth-order valence-corrected chi connectivity index (χ4v) is 2.03. The molecule has 2 heteroatoms. The Morgan fingerprint density at radius 3 is 2.87 bits per heavy atom. The van der Waals surface area contributed by atoms with Gasteiger partial charge in [0.15, 0.2) is 0 Å². The molecule has 1 aliphatic carbocycles. The third kappa shape index (κ3) is 2.38. The van der Waals surface area contributed by atoms with Crippen molar-refractivity contribution in [2.24, 2.45) is 0 Å². The van der Waals surface area contributed by atoms with Crippen molar-refractivity contribution in [3.05, 3.63) is 35.4 Å². The van der Waals surface area contributed by atoms with Crippen LogP contribution in [0.25, 0.3) is 0 Å². The molecule has 0 saturated carbocycles. The summed E-state index contributed by atoms with van der Waals surface area (Å²) in [5.41, 5.74) is 2.74. The summed E-state index contributed by atoms with van der Waals surface area (Å²) in [6.07, 6.45) is 3.42. The minimum absolute atomic E-state index is 0.0839. The van der Waals surface area contributed by atoms with Crippen molar-refractivity contribution in [3.8, 4) is 0 Å². The van der Waals surface area contributed by atoms with Gasteiger partial charge in [0.25, 0.3) is 0 Å². The number of hydrogen-bond donors (Lipinski definition) is 0. The molecular formula is C13H16O2. The van der Waals surface area contributed by atoms with E-state index in [4.69, 9.17) is 4.74 Å². The Morgan fingerprint density at radius 2 is 2.13 bits per heavy atom. The maximum absolute atomic E-state index is 11.2. The largest absolute Gasteiger partial charge is 0.462 e. The second-order valence-corrected chi connectivity index (χ2v) is 3.98. The van der Waals surface area contributed by atoms with Gasteiger partial charge in [-0.2, -0.15) is 0 Å². The van der Waals surface area contributed by atoms with Crippen LogP contribution in [0.3, 0.4) is 0 Å². The minimum Gasteiger partial charge on any atom is -0.462 e. The molecule has 0 aliphatic heterocycles. The van der Waals surface area contributed by atoms with Crippen molar-refractivity contribution in [1.82, 2.24) is 0 Å². The highest BCUT2D eigenvalue weighted by molar-refractivity contribution is 5.69. The molecule has 0 N–H and O–H groups in total. The Balaban J connectivity index is 2.02. The molecule has 0 radical (unpaired) electrons. The summed E-state index contributed by atoms with van der Waals surface area (Å²) in [7, 11) is 0. The lowest BCUT2D eigenvalue weighted by Gasteiger charge is -2.24. The average Bonchev–Trinajstić information content (AvgIpc) is 2.29. The van der Waals surface area contributed by atoms with Gasteiger partial charge in [-0.15, -0.1) is 0 Å². The monoisotopic (exact) mass is 204 g/mol. The third-order valence-electron chi connectivity index (χ3n) is 2.89. The van der Waals surface area contributed by atoms with Crippen molar-refractivity contribution in [3.63, 3.8) is 0 Å². The second kappa shape index (κ2) is 4.47. The molecule has 2 rings (SSSR count). The molecule has 0 spiro atoms. The number of rotatable bonds is 2. The van der Waals surface area contributed by atoms with Crippen molar-refractivity contribution in [2.45, 2.75) is 38.7 Å². The number of carbonyl (C=O) groups excluding carboxylic acids is 1. The Kier molecular flexibility index (Phi) is 3.05. The maximum Gasteiger partial charge on any atom is 0.305 e. The van der Waals surface area contributed by atoms with E-state index < -0.39 is 0 Å². The van der Waals surface area contributed by atoms with Crippen LogP contribution in [0.4, 0.5) is 0 Å². The number of aryl methyl sites for hydroxylation is 1. The second-order valence-electron chi connectivity index (χ2n) is 3.98. The summed E-state index contributed by atoms with van der Waals surface area (Å²) in [6, 6.07) is 8.40. The van der Waals surface area contributed by atoms with E-state index in [0.29, 0.717) is 6.42 Å². The topological polar surface area (TPSA) is 26.3 Å². The van der Waals surface area contributed by atoms with Gasteiger partial charge in [-0.3, -0.25) is 4.79 Å². The molecule has 1 unspecified atom stereocenters. The fourth-order valence-electron chi connectivity index (χ4n) is 2.03. The quantitative estimate of drug-likeness (QED) is 0.692. The van der Waals surface area contributed by atoms with Gasteiger partial charge >= 0.3 is 5.97 Å². The molecular weight excluding hydrogens is 188 g/mol. The van der Waals surface area contributed by atoms with Gasteiger partial charge in [0.05, 0.1) is 0 Å². The highest BCUT2D eigenvalue weighted by Crippen LogP contribution is 2.23. The Bertz CT molecular complexity index is 357. The van der Waals surface area contributed by atoms with E-state index in [0.717, 1.165) is 19.3 Å². The third-order valence-corrected chi connectivity index (χ3v) is 2.89. The van der Waals surface area contributed by atoms with Gasteiger partial charge in [0, 0.05) is 12.8 Å². The summed E-state index contributed by atoms with van der Waals surface area (Å²) in [6.45, 7) is 1.83. The fraction of sp³-hybridized carbons (Fsp3) is 0.462. The van der Waals surface area contributed by atoms with Crippen molar-refractivity contribution >= 4 is 5.97 Å². The summed E-state index contributed by atoms with van der Waals surface area (Å²) < 4.78 is 5.36. The molecule has 15 heavy (non-hydrogen) atoms. The van der Waals surface area contributed by atoms with E-state index in [2.05, 4.69) is 18.2 Å². The zero-order chi connectivity index (χ0) is 10.7. The molecule has 80 valence electrons. The highest BCUT2D eigenvalue weighted by atomic mass is 16.5. The number of esters is 1. The van der Waals surface area contributed by atoms with Gasteiger partial charge in [-0.05, 0) is 24.0 Å². The number of fused-ring (bicyclic) bond motifs is 1. The van der Waals surface area contributed by atoms with Gasteiger partial charge in [0.1, 0.15) is 6.10 Å². The van der Waals surface area contributed by atoms with Crippen LogP contribution in [0.2, 0.25) is 0 Å². The predicted octanol–water partition coefficient (Wildman–Crippen LogP) is 2.50. The molecule has 1 aliphatic rings. The molecule has 0 saturated heterocycles. The molecule has 1 aromatic rings. The predicted molar refractivity (Wildman–Crippen MR) is 58.6 cm³/mol. The van der Waals surface area contributed by atoms with E-state index in [1.165, 1.54) is 11.1 Å². The van der Waals surface area contributed by atoms with Crippen molar-refractivity contribution in [2.75, 3.05) is 0 Å². The van der Waals surface area contributed by atoms with Gasteiger partial charge in [0.2, 0.25) is 0 Å². The van der Waals surface area contributed by atoms with E-state index >= 15 is 0 Å². The van der Waals surface area contributed by atoms with E-state index in [1.54, 1.807) is 0 Å². The average molecular weight is 204 g/mol. The van der Waals surface area contributed by atoms with Crippen LogP contribution in [0.5, 0.6) is 0 Å². The first-order chi connectivity index (χ1) is 7.29. The van der Waals surface area contributed by atoms with Crippen LogP contribution in [-0.4, -0.2) is 12.1 Å². The van der Waals surface area contributed by atoms with Gasteiger partial charge < -0.3 is 4.74 Å². The van der Waals surface area contributed by atoms with E-state index in [9.17, 15) is 4.79 Å². The molecule has 0 amide bonds. The molecule has 0 bridgehead atoms. The van der Waals surface area contributed by atoms with Crippen molar-refractivity contribution < 1.29 is 9.53 Å². The first-order valence-corrected chi connectivity index (χ1v) is 5.56. The lowest BCUT2D eigenvalue weighted by atomic mass is 9.90. The first kappa shape index (κ1) is 10.2. The zero-order valence-electron chi connectivity index (χ0n) is 9.03. The molecule has 2 nitrogen and oxygen atoms in total. The van der Waals surface area contributed by atoms with Gasteiger partial charge in [-0.25, -0.2) is 0 Å². The maximum atomic E-state index is 11.2. The summed E-state index contributed by atoms with van der Waals surface area (Å²) in [4.78, 5) is 11.2. The summed E-state index contributed by atoms with van der Waals surface area (Å²) in [5.74, 6) is -0.0839. The normalized spacial score (nSPS) is 19.4. The zero-order valence-corrected chi connectivity index (χ0v) is 9.03. The standard InChI is InChI=1S/C13H16O2/c1-2-13(14)15-12-8-7-10-5-3-4-6-11(10)9-12/h3-6,12H,2,7-9H2,1H3. The van der Waals surface area contributed by atoms with E-state index in [1.807, 2.05) is 13.0 Å². The van der Waals surface area contributed by atoms with Crippen LogP contribution >= 0.6 is 0 Å². The van der Waals surface area contributed by atoms with Crippen LogP contribution in [0.15, 0.2) is 24.3 Å². The Hall–Kier alpha value is -1.31. The number of hydrogen-bond acceptors (Lipinski definition) is 2.